The molecule has 0 spiro atoms. The summed E-state index contributed by atoms with van der Waals surface area (Å²) in [5.41, 5.74) is 13.8. The summed E-state index contributed by atoms with van der Waals surface area (Å²) in [6, 6.07) is 68.8. The van der Waals surface area contributed by atoms with Crippen molar-refractivity contribution in [3.8, 4) is 86.9 Å². The van der Waals surface area contributed by atoms with Crippen LogP contribution in [0.5, 0.6) is 17.2 Å². The maximum atomic E-state index is 12.2. The van der Waals surface area contributed by atoms with Crippen LogP contribution in [0.15, 0.2) is 256 Å². The number of nitrogens with one attached hydrogen (secondary N) is 3. The molecule has 3 N–H and O–H groups in total. The van der Waals surface area contributed by atoms with Gasteiger partial charge in [0, 0.05) is 127 Å². The minimum Gasteiger partial charge on any atom is -0.489 e. The zero-order valence-electron chi connectivity index (χ0n) is 61.8. The molecule has 18 heteroatoms. The highest BCUT2D eigenvalue weighted by Gasteiger charge is 2.28. The van der Waals surface area contributed by atoms with Crippen molar-refractivity contribution in [3.63, 3.8) is 0 Å². The van der Waals surface area contributed by atoms with Crippen molar-refractivity contribution in [2.75, 3.05) is 16.0 Å². The van der Waals surface area contributed by atoms with Crippen molar-refractivity contribution < 1.29 is 42.8 Å². The maximum absolute atomic E-state index is 12.2. The van der Waals surface area contributed by atoms with Gasteiger partial charge < -0.3 is 28.4 Å². The van der Waals surface area contributed by atoms with Gasteiger partial charge in [-0.1, -0.05) is 108 Å². The van der Waals surface area contributed by atoms with Crippen molar-refractivity contribution in [1.29, 1.82) is 0 Å². The molecule has 12 rings (SSSR count). The summed E-state index contributed by atoms with van der Waals surface area (Å²) >= 11 is 0. The quantitative estimate of drug-likeness (QED) is 0.0413. The molecule has 0 aliphatic carbocycles. The second kappa shape index (κ2) is 34.4. The van der Waals surface area contributed by atoms with Crippen LogP contribution in [0.4, 0.5) is 31.4 Å². The molecule has 18 nitrogen and oxygen atoms in total. The number of benzene rings is 6. The molecular weight excluding hydrogens is 1360 g/mol. The molecule has 0 saturated heterocycles. The van der Waals surface area contributed by atoms with E-state index in [0.717, 1.165) is 66.8 Å². The first kappa shape index (κ1) is 74.8. The topological polar surface area (TPSA) is 220 Å². The minimum atomic E-state index is -0.605. The van der Waals surface area contributed by atoms with Crippen LogP contribution in [0, 0.1) is 35.5 Å². The van der Waals surface area contributed by atoms with E-state index < -0.39 is 41.0 Å². The highest BCUT2D eigenvalue weighted by atomic mass is 16.6. The molecule has 6 aromatic carbocycles. The Morgan fingerprint density at radius 3 is 0.752 bits per heavy atom. The van der Waals surface area contributed by atoms with E-state index in [2.05, 4.69) is 69.7 Å². The van der Waals surface area contributed by atoms with Gasteiger partial charge >= 0.3 is 18.3 Å². The van der Waals surface area contributed by atoms with Crippen LogP contribution < -0.4 is 30.2 Å². The summed E-state index contributed by atoms with van der Waals surface area (Å²) in [5.74, 6) is 20.5. The van der Waals surface area contributed by atoms with Gasteiger partial charge in [-0.25, -0.2) is 14.4 Å². The molecule has 0 unspecified atom stereocenters. The number of carbonyl (C=O) groups is 3. The van der Waals surface area contributed by atoms with Crippen LogP contribution in [0.2, 0.25) is 0 Å². The fourth-order valence-corrected chi connectivity index (χ4v) is 11.0. The summed E-state index contributed by atoms with van der Waals surface area (Å²) in [4.78, 5) is 65.2. The fourth-order valence-electron chi connectivity index (χ4n) is 11.0. The third-order valence-electron chi connectivity index (χ3n) is 16.1. The average molecular weight is 1440 g/mol. The molecule has 6 aromatic heterocycles. The predicted molar refractivity (Wildman–Crippen MR) is 423 cm³/mol. The Bertz CT molecular complexity index is 4820. The maximum Gasteiger partial charge on any atom is 0.412 e. The molecule has 0 aliphatic heterocycles. The van der Waals surface area contributed by atoms with E-state index in [-0.39, 0.29) is 19.8 Å². The Morgan fingerprint density at radius 2 is 0.523 bits per heavy atom. The first-order chi connectivity index (χ1) is 52.5. The smallest absolute Gasteiger partial charge is 0.412 e. The van der Waals surface area contributed by atoms with Crippen LogP contribution in [0.3, 0.4) is 0 Å². The minimum absolute atomic E-state index is 0.211. The lowest BCUT2D eigenvalue weighted by Gasteiger charge is -2.26. The molecule has 12 aromatic rings. The Balaban J connectivity index is 0.740. The predicted octanol–water partition coefficient (Wildman–Crippen LogP) is 19.2. The standard InChI is InChI=1S/C91H79N9O9/c1-89(2,3)107-86(101)98-70-40-28-61(29-41-70)22-25-64-34-46-76(92-52-64)79-49-37-67(55-95-79)58-104-82-19-13-10-16-73(82)85(74-17-11-14-20-83(74)105-59-68-38-50-80(96-56-68)77-47-35-65(53-93-77)26-23-62-30-42-71(43-31-62)99-87(102)108-90(4,5)6)75-18-12-15-21-84(75)106-60-69-39-51-81(97-57-69)78-48-36-66(54-94-78)27-24-63-32-44-72(45-33-63)100-88(103)109-91(7,8)9/h10-21,28-57,85H,58-60H2,1-9H3,(H,98,101)(H,99,102)(H,100,103). The zero-order chi connectivity index (χ0) is 76.3. The number of para-hydroxylation sites is 3. The van der Waals surface area contributed by atoms with Crippen molar-refractivity contribution in [2.24, 2.45) is 0 Å². The first-order valence-electron chi connectivity index (χ1n) is 35.3. The third kappa shape index (κ3) is 22.1. The number of pyridine rings is 6. The number of rotatable bonds is 18. The van der Waals surface area contributed by atoms with Crippen LogP contribution in [0.25, 0.3) is 34.2 Å². The molecule has 0 fully saturated rings. The second-order valence-electron chi connectivity index (χ2n) is 28.2. The molecule has 542 valence electrons. The SMILES string of the molecule is CC(C)(C)OC(=O)Nc1ccc(C#Cc2ccc(-c3ccc(COc4ccccc4C(c4ccccc4OCc4ccc(-c5ccc(C#Cc6ccc(NC(=O)OC(C)(C)C)cc6)cn5)nc4)c4ccccc4OCc4ccc(-c5ccc(C#Cc6ccc(NC(=O)OC(C)(C)C)cc6)cn5)nc4)cn3)nc2)cc1. The van der Waals surface area contributed by atoms with E-state index in [4.69, 9.17) is 58.3 Å². The molecule has 3 amide bonds. The second-order valence-corrected chi connectivity index (χ2v) is 28.2. The molecule has 0 radical (unpaired) electrons. The van der Waals surface area contributed by atoms with Crippen LogP contribution in [0.1, 0.15) is 135 Å². The highest BCUT2D eigenvalue weighted by molar-refractivity contribution is 5.86. The number of carbonyl (C=O) groups excluding carboxylic acids is 3. The molecular formula is C91H79N9O9. The number of anilines is 3. The van der Waals surface area contributed by atoms with E-state index in [1.807, 2.05) is 226 Å². The lowest BCUT2D eigenvalue weighted by molar-refractivity contribution is 0.0624. The monoisotopic (exact) mass is 1440 g/mol. The molecule has 109 heavy (non-hydrogen) atoms. The van der Waals surface area contributed by atoms with Gasteiger partial charge in [-0.2, -0.15) is 0 Å². The molecule has 0 atom stereocenters. The van der Waals surface area contributed by atoms with Crippen LogP contribution >= 0.6 is 0 Å². The lowest BCUT2D eigenvalue weighted by atomic mass is 9.83. The summed E-state index contributed by atoms with van der Waals surface area (Å²) < 4.78 is 36.6. The normalized spacial score (nSPS) is 11.1. The molecule has 6 heterocycles. The van der Waals surface area contributed by atoms with Gasteiger partial charge in [0.1, 0.15) is 53.9 Å². The van der Waals surface area contributed by atoms with Gasteiger partial charge in [0.15, 0.2) is 0 Å². The van der Waals surface area contributed by atoms with Gasteiger partial charge in [0.25, 0.3) is 0 Å². The lowest BCUT2D eigenvalue weighted by Crippen LogP contribution is -2.27. The molecule has 0 saturated carbocycles. The first-order valence-corrected chi connectivity index (χ1v) is 35.3. The Kier molecular flexibility index (Phi) is 23.6. The summed E-state index contributed by atoms with van der Waals surface area (Å²) in [7, 11) is 0. The highest BCUT2D eigenvalue weighted by Crippen LogP contribution is 2.45. The van der Waals surface area contributed by atoms with Crippen LogP contribution in [-0.4, -0.2) is 65.0 Å². The van der Waals surface area contributed by atoms with Crippen molar-refractivity contribution >= 4 is 35.3 Å². The van der Waals surface area contributed by atoms with E-state index >= 15 is 0 Å². The number of ether oxygens (including phenoxy) is 6. The number of amides is 3. The Morgan fingerprint density at radius 1 is 0.294 bits per heavy atom. The van der Waals surface area contributed by atoms with E-state index in [1.54, 1.807) is 73.6 Å². The van der Waals surface area contributed by atoms with Crippen molar-refractivity contribution in [3.05, 3.63) is 322 Å². The largest absolute Gasteiger partial charge is 0.489 e. The van der Waals surface area contributed by atoms with Crippen molar-refractivity contribution in [1.82, 2.24) is 29.9 Å². The van der Waals surface area contributed by atoms with Gasteiger partial charge in [-0.15, -0.1) is 0 Å². The molecule has 0 aliphatic rings. The van der Waals surface area contributed by atoms with Gasteiger partial charge in [0.05, 0.1) is 34.2 Å². The number of hydrogen-bond acceptors (Lipinski definition) is 15. The van der Waals surface area contributed by atoms with E-state index in [9.17, 15) is 14.4 Å². The van der Waals surface area contributed by atoms with Crippen molar-refractivity contribution in [2.45, 2.75) is 105 Å². The average Bonchev–Trinajstić information content (AvgIpc) is 0.775. The summed E-state index contributed by atoms with van der Waals surface area (Å²) in [6.07, 6.45) is 8.99. The van der Waals surface area contributed by atoms with E-state index in [0.29, 0.717) is 68.5 Å². The van der Waals surface area contributed by atoms with Crippen LogP contribution in [-0.2, 0) is 34.0 Å². The zero-order valence-corrected chi connectivity index (χ0v) is 61.8. The van der Waals surface area contributed by atoms with Gasteiger partial charge in [-0.05, 0) is 208 Å². The summed E-state index contributed by atoms with van der Waals surface area (Å²) in [6.45, 7) is 17.0. The van der Waals surface area contributed by atoms with E-state index in [1.165, 1.54) is 0 Å². The van der Waals surface area contributed by atoms with Gasteiger partial charge in [0.2, 0.25) is 0 Å². The summed E-state index contributed by atoms with van der Waals surface area (Å²) in [5, 5.41) is 8.23. The molecule has 0 bridgehead atoms. The Labute approximate surface area is 634 Å². The fraction of sp³-hybridized carbons (Fsp3) is 0.176. The number of aromatic nitrogens is 6. The number of nitrogens with zero attached hydrogens (tertiary/aromatic N) is 6. The van der Waals surface area contributed by atoms with Gasteiger partial charge in [-0.3, -0.25) is 45.9 Å². The number of hydrogen-bond donors (Lipinski definition) is 3. The Hall–Kier alpha value is -13.9. The third-order valence-corrected chi connectivity index (χ3v) is 16.1.